The van der Waals surface area contributed by atoms with Gasteiger partial charge in [-0.3, -0.25) is 9.59 Å². The fraction of sp³-hybridized carbons (Fsp3) is 0.882. The van der Waals surface area contributed by atoms with Crippen LogP contribution in [0, 0.1) is 0 Å². The molecule has 2 rings (SSSR count). The van der Waals surface area contributed by atoms with Gasteiger partial charge in [0.1, 0.15) is 30.1 Å². The number of unbranched alkanes of at least 4 members (excludes halogenated alkanes) is 13. The number of carbonyl (C=O) groups excluding carboxylic acids is 2. The monoisotopic (exact) mass is 595 g/mol. The number of carbonyl (C=O) groups is 2. The third-order valence-electron chi connectivity index (χ3n) is 8.06. The summed E-state index contributed by atoms with van der Waals surface area (Å²) in [6, 6.07) is -0.635. The van der Waals surface area contributed by atoms with Gasteiger partial charge in [0.05, 0.1) is 19.3 Å². The van der Waals surface area contributed by atoms with Crippen LogP contribution in [0.1, 0.15) is 144 Å². The van der Waals surface area contributed by atoms with Crippen molar-refractivity contribution in [3.8, 4) is 0 Å². The van der Waals surface area contributed by atoms with E-state index in [1.807, 2.05) is 20.8 Å². The van der Waals surface area contributed by atoms with E-state index in [9.17, 15) is 9.59 Å². The van der Waals surface area contributed by atoms with Crippen LogP contribution in [-0.4, -0.2) is 61.3 Å². The summed E-state index contributed by atoms with van der Waals surface area (Å²) < 4.78 is 30.8. The van der Waals surface area contributed by atoms with Crippen LogP contribution in [0.3, 0.4) is 0 Å². The number of allylic oxidation sites excluding steroid dienone is 1. The first-order valence-corrected chi connectivity index (χ1v) is 17.0. The van der Waals surface area contributed by atoms with Crippen molar-refractivity contribution in [2.45, 2.75) is 180 Å². The Morgan fingerprint density at radius 1 is 0.881 bits per heavy atom. The third-order valence-corrected chi connectivity index (χ3v) is 8.06. The lowest BCUT2D eigenvalue weighted by Crippen LogP contribution is -2.69. The van der Waals surface area contributed by atoms with E-state index in [0.29, 0.717) is 19.6 Å². The van der Waals surface area contributed by atoms with E-state index in [0.717, 1.165) is 32.1 Å². The molecule has 0 unspecified atom stereocenters. The van der Waals surface area contributed by atoms with Crippen LogP contribution in [0.25, 0.3) is 0 Å². The molecule has 2 fully saturated rings. The molecule has 1 N–H and O–H groups in total. The Balaban J connectivity index is 1.97. The Hall–Kier alpha value is -1.48. The van der Waals surface area contributed by atoms with E-state index < -0.39 is 36.4 Å². The molecule has 0 spiro atoms. The van der Waals surface area contributed by atoms with E-state index in [2.05, 4.69) is 19.2 Å². The van der Waals surface area contributed by atoms with Crippen molar-refractivity contribution in [2.24, 2.45) is 0 Å². The number of ketones is 1. The Labute approximate surface area is 256 Å². The predicted octanol–water partition coefficient (Wildman–Crippen LogP) is 7.52. The second-order valence-electron chi connectivity index (χ2n) is 12.4. The Morgan fingerprint density at radius 2 is 1.48 bits per heavy atom. The number of nitrogens with one attached hydrogen (secondary N) is 1. The van der Waals surface area contributed by atoms with Crippen molar-refractivity contribution in [1.82, 2.24) is 5.32 Å². The smallest absolute Gasteiger partial charge is 0.227 e. The molecule has 2 aliphatic heterocycles. The fourth-order valence-electron chi connectivity index (χ4n) is 5.69. The van der Waals surface area contributed by atoms with Crippen LogP contribution in [0.2, 0.25) is 0 Å². The van der Waals surface area contributed by atoms with Crippen molar-refractivity contribution in [3.63, 3.8) is 0 Å². The van der Waals surface area contributed by atoms with Gasteiger partial charge in [-0.25, -0.2) is 0 Å². The molecule has 244 valence electrons. The maximum atomic E-state index is 13.1. The number of Topliss-reactive ketones (excluding diaryl/α,β-unsaturated/α-hetero) is 1. The third kappa shape index (κ3) is 14.3. The lowest BCUT2D eigenvalue weighted by molar-refractivity contribution is -0.368. The second-order valence-corrected chi connectivity index (χ2v) is 12.4. The van der Waals surface area contributed by atoms with Crippen LogP contribution in [0.4, 0.5) is 0 Å². The number of hydrogen-bond acceptors (Lipinski definition) is 7. The fourth-order valence-corrected chi connectivity index (χ4v) is 5.69. The van der Waals surface area contributed by atoms with Crippen molar-refractivity contribution in [3.05, 3.63) is 12.3 Å². The molecule has 0 aromatic rings. The molecule has 1 amide bonds. The molecule has 0 bridgehead atoms. The summed E-state index contributed by atoms with van der Waals surface area (Å²) in [6.07, 6.45) is 19.1. The molecule has 0 aliphatic carbocycles. The quantitative estimate of drug-likeness (QED) is 0.0742. The van der Waals surface area contributed by atoms with Gasteiger partial charge >= 0.3 is 0 Å². The average Bonchev–Trinajstić information content (AvgIpc) is 2.95. The van der Waals surface area contributed by atoms with Crippen LogP contribution >= 0.6 is 0 Å². The van der Waals surface area contributed by atoms with E-state index in [4.69, 9.17) is 23.7 Å². The highest BCUT2D eigenvalue weighted by molar-refractivity contribution is 5.98. The van der Waals surface area contributed by atoms with E-state index in [1.54, 1.807) is 12.3 Å². The summed E-state index contributed by atoms with van der Waals surface area (Å²) in [5.74, 6) is -1.18. The van der Waals surface area contributed by atoms with Gasteiger partial charge in [-0.15, -0.1) is 0 Å². The average molecular weight is 596 g/mol. The summed E-state index contributed by atoms with van der Waals surface area (Å²) in [5.41, 5.74) is 0. The molecule has 0 aromatic carbocycles. The molecular weight excluding hydrogens is 534 g/mol. The molecule has 0 radical (unpaired) electrons. The Bertz CT molecular complexity index is 771. The Kier molecular flexibility index (Phi) is 18.6. The number of ether oxygens (including phenoxy) is 5. The summed E-state index contributed by atoms with van der Waals surface area (Å²) in [6.45, 7) is 10.9. The molecule has 2 heterocycles. The maximum Gasteiger partial charge on any atom is 0.227 e. The molecule has 8 nitrogen and oxygen atoms in total. The minimum atomic E-state index is -0.803. The molecule has 0 saturated carbocycles. The zero-order valence-electron chi connectivity index (χ0n) is 27.3. The highest BCUT2D eigenvalue weighted by Crippen LogP contribution is 2.34. The standard InChI is InChI=1S/C34H61NO7/c1-6-9-11-13-15-17-19-21-24-38-32-30(35-29(37)25-27(36)22-20-18-16-14-12-10-7-2)33(39-23-8-3)41-28-26-40-34(4,5)42-31(28)32/h8,23,28,30-33H,6-7,9-22,24-26H2,1-5H3,(H,35,37)/b23-8-/t28-,30-,31-,32-,33+/m1/s1. The van der Waals surface area contributed by atoms with Gasteiger partial charge in [-0.1, -0.05) is 103 Å². The first-order valence-electron chi connectivity index (χ1n) is 17.0. The van der Waals surface area contributed by atoms with Crippen LogP contribution < -0.4 is 5.32 Å². The van der Waals surface area contributed by atoms with E-state index in [1.165, 1.54) is 64.2 Å². The number of hydrogen-bond donors (Lipinski definition) is 1. The van der Waals surface area contributed by atoms with E-state index in [-0.39, 0.29) is 18.1 Å². The van der Waals surface area contributed by atoms with Gasteiger partial charge in [0.15, 0.2) is 5.79 Å². The van der Waals surface area contributed by atoms with Crippen molar-refractivity contribution in [2.75, 3.05) is 13.2 Å². The van der Waals surface area contributed by atoms with Gasteiger partial charge in [-0.2, -0.15) is 0 Å². The van der Waals surface area contributed by atoms with Crippen LogP contribution in [0.15, 0.2) is 12.3 Å². The van der Waals surface area contributed by atoms with Gasteiger partial charge in [0, 0.05) is 13.0 Å². The highest BCUT2D eigenvalue weighted by atomic mass is 16.8. The maximum absolute atomic E-state index is 13.1. The number of fused-ring (bicyclic) bond motifs is 1. The minimum Gasteiger partial charge on any atom is -0.471 e. The predicted molar refractivity (Wildman–Crippen MR) is 166 cm³/mol. The largest absolute Gasteiger partial charge is 0.471 e. The minimum absolute atomic E-state index is 0.0403. The van der Waals surface area contributed by atoms with Gasteiger partial charge in [-0.05, 0) is 33.6 Å². The molecule has 5 atom stereocenters. The Morgan fingerprint density at radius 3 is 2.10 bits per heavy atom. The lowest BCUT2D eigenvalue weighted by atomic mass is 9.94. The highest BCUT2D eigenvalue weighted by Gasteiger charge is 2.53. The topological polar surface area (TPSA) is 92.3 Å². The summed E-state index contributed by atoms with van der Waals surface area (Å²) in [5, 5.41) is 3.04. The zero-order valence-corrected chi connectivity index (χ0v) is 27.3. The van der Waals surface area contributed by atoms with E-state index >= 15 is 0 Å². The molecular formula is C34H61NO7. The van der Waals surface area contributed by atoms with Gasteiger partial charge in [0.25, 0.3) is 0 Å². The molecule has 0 aromatic heterocycles. The lowest BCUT2D eigenvalue weighted by Gasteiger charge is -2.50. The molecule has 42 heavy (non-hydrogen) atoms. The van der Waals surface area contributed by atoms with Gasteiger partial charge in [0.2, 0.25) is 12.2 Å². The second kappa shape index (κ2) is 21.3. The zero-order chi connectivity index (χ0) is 30.6. The first-order chi connectivity index (χ1) is 20.3. The van der Waals surface area contributed by atoms with Crippen molar-refractivity contribution >= 4 is 11.7 Å². The van der Waals surface area contributed by atoms with Gasteiger partial charge < -0.3 is 29.0 Å². The number of rotatable bonds is 23. The number of amides is 1. The molecule has 2 aliphatic rings. The van der Waals surface area contributed by atoms with Crippen molar-refractivity contribution < 1.29 is 33.3 Å². The van der Waals surface area contributed by atoms with Crippen LogP contribution in [0.5, 0.6) is 0 Å². The molecule has 8 heteroatoms. The summed E-state index contributed by atoms with van der Waals surface area (Å²) >= 11 is 0. The first kappa shape index (κ1) is 36.7. The van der Waals surface area contributed by atoms with Crippen molar-refractivity contribution in [1.29, 1.82) is 0 Å². The SMILES string of the molecule is C/C=C\O[C@H]1O[C@@H]2COC(C)(C)O[C@H]2[C@H](OCCCCCCCCCC)[C@H]1NC(=O)CC(=O)CCCCCCCCC. The summed E-state index contributed by atoms with van der Waals surface area (Å²) in [4.78, 5) is 25.7. The molecule has 2 saturated heterocycles. The normalized spacial score (nSPS) is 25.3. The summed E-state index contributed by atoms with van der Waals surface area (Å²) in [7, 11) is 0. The van der Waals surface area contributed by atoms with Crippen LogP contribution in [-0.2, 0) is 33.3 Å².